The van der Waals surface area contributed by atoms with Crippen LogP contribution in [0.1, 0.15) is 43.8 Å². The third-order valence-corrected chi connectivity index (χ3v) is 8.44. The Labute approximate surface area is 199 Å². The number of fused-ring (bicyclic) bond motifs is 3. The first-order chi connectivity index (χ1) is 16.6. The van der Waals surface area contributed by atoms with Crippen LogP contribution in [0.3, 0.4) is 0 Å². The van der Waals surface area contributed by atoms with Crippen molar-refractivity contribution in [3.8, 4) is 11.1 Å². The second-order valence-corrected chi connectivity index (χ2v) is 10.5. The lowest BCUT2D eigenvalue weighted by molar-refractivity contribution is -0.139. The Morgan fingerprint density at radius 2 is 1.79 bits per heavy atom. The van der Waals surface area contributed by atoms with E-state index in [-0.39, 0.29) is 42.0 Å². The number of nitrogens with zero attached hydrogens (tertiary/aromatic N) is 3. The molecule has 6 nitrogen and oxygen atoms in total. The normalized spacial score (nSPS) is 28.7. The number of piperidine rings is 1. The van der Waals surface area contributed by atoms with Gasteiger partial charge in [0.15, 0.2) is 0 Å². The minimum Gasteiger partial charge on any atom is -0.396 e. The number of aromatic nitrogens is 1. The zero-order valence-electron chi connectivity index (χ0n) is 19.4. The molecule has 0 unspecified atom stereocenters. The van der Waals surface area contributed by atoms with Crippen molar-refractivity contribution in [2.24, 2.45) is 17.8 Å². The van der Waals surface area contributed by atoms with Gasteiger partial charge in [0.25, 0.3) is 5.56 Å². The molecule has 0 spiro atoms. The van der Waals surface area contributed by atoms with Crippen LogP contribution in [0, 0.1) is 23.6 Å². The number of halogens is 1. The van der Waals surface area contributed by atoms with Crippen molar-refractivity contribution in [1.29, 1.82) is 0 Å². The van der Waals surface area contributed by atoms with Crippen molar-refractivity contribution in [3.63, 3.8) is 0 Å². The van der Waals surface area contributed by atoms with Crippen LogP contribution in [0.15, 0.2) is 41.2 Å². The van der Waals surface area contributed by atoms with E-state index >= 15 is 0 Å². The number of carbonyl (C=O) groups excluding carboxylic acids is 1. The van der Waals surface area contributed by atoms with E-state index in [0.29, 0.717) is 23.6 Å². The van der Waals surface area contributed by atoms with Crippen LogP contribution in [0.5, 0.6) is 0 Å². The van der Waals surface area contributed by atoms with Gasteiger partial charge >= 0.3 is 0 Å². The van der Waals surface area contributed by atoms with Crippen LogP contribution in [0.25, 0.3) is 11.1 Å². The van der Waals surface area contributed by atoms with Gasteiger partial charge in [0.1, 0.15) is 5.82 Å². The highest BCUT2D eigenvalue weighted by Gasteiger charge is 2.56. The molecule has 1 aromatic heterocycles. The van der Waals surface area contributed by atoms with Crippen molar-refractivity contribution >= 4 is 5.91 Å². The number of benzene rings is 1. The molecule has 1 amide bonds. The number of hydrogen-bond acceptors (Lipinski definition) is 4. The Kier molecular flexibility index (Phi) is 5.57. The number of aliphatic hydroxyl groups excluding tert-OH is 1. The van der Waals surface area contributed by atoms with Gasteiger partial charge in [0.05, 0.1) is 17.6 Å². The van der Waals surface area contributed by atoms with Gasteiger partial charge in [-0.15, -0.1) is 0 Å². The summed E-state index contributed by atoms with van der Waals surface area (Å²) in [6, 6.07) is 9.63. The monoisotopic (exact) mass is 465 g/mol. The quantitative estimate of drug-likeness (QED) is 0.737. The van der Waals surface area contributed by atoms with Crippen molar-refractivity contribution < 1.29 is 14.3 Å². The summed E-state index contributed by atoms with van der Waals surface area (Å²) >= 11 is 0. The summed E-state index contributed by atoms with van der Waals surface area (Å²) in [7, 11) is 0. The highest BCUT2D eigenvalue weighted by Crippen LogP contribution is 2.51. The van der Waals surface area contributed by atoms with Crippen LogP contribution in [-0.4, -0.2) is 57.7 Å². The molecule has 4 heterocycles. The Hall–Kier alpha value is -2.51. The fourth-order valence-corrected chi connectivity index (χ4v) is 6.58. The fourth-order valence-electron chi connectivity index (χ4n) is 6.58. The average molecular weight is 466 g/mol. The molecule has 7 heteroatoms. The van der Waals surface area contributed by atoms with E-state index in [9.17, 15) is 19.1 Å². The molecule has 1 aliphatic carbocycles. The Morgan fingerprint density at radius 1 is 1.03 bits per heavy atom. The first kappa shape index (κ1) is 22.0. The van der Waals surface area contributed by atoms with Crippen molar-refractivity contribution in [3.05, 3.63) is 58.3 Å². The summed E-state index contributed by atoms with van der Waals surface area (Å²) in [6.07, 6.45) is 5.57. The van der Waals surface area contributed by atoms with Crippen LogP contribution in [0.2, 0.25) is 0 Å². The van der Waals surface area contributed by atoms with Crippen LogP contribution < -0.4 is 5.56 Å². The van der Waals surface area contributed by atoms with Crippen molar-refractivity contribution in [2.75, 3.05) is 26.2 Å². The lowest BCUT2D eigenvalue weighted by atomic mass is 9.88. The second-order valence-electron chi connectivity index (χ2n) is 10.5. The zero-order valence-corrected chi connectivity index (χ0v) is 19.4. The number of pyridine rings is 1. The van der Waals surface area contributed by atoms with Gasteiger partial charge in [-0.2, -0.15) is 0 Å². The maximum Gasteiger partial charge on any atom is 0.258 e. The van der Waals surface area contributed by atoms with E-state index in [4.69, 9.17) is 0 Å². The predicted octanol–water partition coefficient (Wildman–Crippen LogP) is 3.04. The topological polar surface area (TPSA) is 65.8 Å². The molecule has 1 N–H and O–H groups in total. The molecule has 3 aliphatic heterocycles. The maximum atomic E-state index is 14.5. The minimum absolute atomic E-state index is 0.00828. The second kappa shape index (κ2) is 8.61. The molecule has 1 saturated carbocycles. The molecule has 1 aromatic carbocycles. The summed E-state index contributed by atoms with van der Waals surface area (Å²) in [5.41, 5.74) is 1.37. The Morgan fingerprint density at radius 3 is 2.50 bits per heavy atom. The van der Waals surface area contributed by atoms with Gasteiger partial charge in [-0.25, -0.2) is 4.39 Å². The summed E-state index contributed by atoms with van der Waals surface area (Å²) in [5, 5.41) is 10.5. The molecule has 2 saturated heterocycles. The van der Waals surface area contributed by atoms with E-state index in [1.165, 1.54) is 18.9 Å². The van der Waals surface area contributed by atoms with Gasteiger partial charge in [-0.3, -0.25) is 14.5 Å². The van der Waals surface area contributed by atoms with Gasteiger partial charge in [0.2, 0.25) is 5.91 Å². The first-order valence-corrected chi connectivity index (χ1v) is 12.7. The number of hydrogen-bond donors (Lipinski definition) is 1. The largest absolute Gasteiger partial charge is 0.396 e. The Bertz CT molecular complexity index is 1150. The third kappa shape index (κ3) is 3.52. The molecule has 34 heavy (non-hydrogen) atoms. The van der Waals surface area contributed by atoms with Crippen molar-refractivity contribution in [2.45, 2.75) is 50.7 Å². The molecular formula is C27H32FN3O3. The van der Waals surface area contributed by atoms with Crippen LogP contribution >= 0.6 is 0 Å². The molecule has 0 bridgehead atoms. The van der Waals surface area contributed by atoms with Gasteiger partial charge in [0, 0.05) is 55.9 Å². The molecule has 4 atom stereocenters. The summed E-state index contributed by atoms with van der Waals surface area (Å²) < 4.78 is 16.2. The summed E-state index contributed by atoms with van der Waals surface area (Å²) in [5.74, 6) is 0.0912. The first-order valence-electron chi connectivity index (χ1n) is 12.7. The van der Waals surface area contributed by atoms with E-state index in [1.807, 2.05) is 11.0 Å². The van der Waals surface area contributed by atoms with Gasteiger partial charge in [-0.1, -0.05) is 18.2 Å². The van der Waals surface area contributed by atoms with E-state index < -0.39 is 5.82 Å². The smallest absolute Gasteiger partial charge is 0.258 e. The predicted molar refractivity (Wildman–Crippen MR) is 127 cm³/mol. The number of amides is 1. The minimum atomic E-state index is -0.408. The molecular weight excluding hydrogens is 433 g/mol. The van der Waals surface area contributed by atoms with Crippen molar-refractivity contribution in [1.82, 2.24) is 14.4 Å². The van der Waals surface area contributed by atoms with E-state index in [1.54, 1.807) is 28.8 Å². The molecule has 0 radical (unpaired) electrons. The molecule has 3 fully saturated rings. The number of carbonyl (C=O) groups is 1. The number of likely N-dealkylation sites (tertiary alicyclic amines) is 2. The third-order valence-electron chi connectivity index (χ3n) is 8.44. The van der Waals surface area contributed by atoms with Crippen LogP contribution in [0.4, 0.5) is 4.39 Å². The van der Waals surface area contributed by atoms with Crippen LogP contribution in [-0.2, 0) is 11.3 Å². The van der Waals surface area contributed by atoms with Gasteiger partial charge in [-0.05, 0) is 56.2 Å². The molecule has 180 valence electrons. The molecule has 4 aliphatic rings. The lowest BCUT2D eigenvalue weighted by Gasteiger charge is -2.36. The lowest BCUT2D eigenvalue weighted by Crippen LogP contribution is -2.51. The highest BCUT2D eigenvalue weighted by atomic mass is 19.1. The van der Waals surface area contributed by atoms with E-state index in [0.717, 1.165) is 44.6 Å². The molecule has 6 rings (SSSR count). The number of aliphatic hydroxyl groups is 1. The number of rotatable bonds is 5. The zero-order chi connectivity index (χ0) is 23.4. The maximum absolute atomic E-state index is 14.5. The van der Waals surface area contributed by atoms with Gasteiger partial charge < -0.3 is 14.6 Å². The average Bonchev–Trinajstić information content (AvgIpc) is 3.52. The molecule has 2 aromatic rings. The van der Waals surface area contributed by atoms with E-state index in [2.05, 4.69) is 4.90 Å². The summed E-state index contributed by atoms with van der Waals surface area (Å²) in [6.45, 7) is 2.79. The Balaban J connectivity index is 1.39. The SMILES string of the molecule is O=C([C@@H]1[C@@H](CO)[C@@H]2Cn3c(ccc(-c4ccccc4F)c3=O)[C@@H]2N1CC1CC1)N1CCCCC1. The standard InChI is InChI=1S/C27H32FN3O3/c28-22-7-3-2-6-18(22)19-10-11-23-24-20(15-30(23)26(19)33)21(16-32)25(31(24)14-17-8-9-17)27(34)29-12-4-1-5-13-29/h2-3,6-7,10-11,17,20-21,24-25,32H,1,4-5,8-9,12-16H2/t20-,21-,24+,25-/m0/s1. The summed E-state index contributed by atoms with van der Waals surface area (Å²) in [4.78, 5) is 31.5. The highest BCUT2D eigenvalue weighted by molar-refractivity contribution is 5.83. The fraction of sp³-hybridized carbons (Fsp3) is 0.556.